The van der Waals surface area contributed by atoms with E-state index in [1.807, 2.05) is 0 Å². The second kappa shape index (κ2) is 4.66. The Kier molecular flexibility index (Phi) is 3.52. The molecule has 0 radical (unpaired) electrons. The van der Waals surface area contributed by atoms with Crippen molar-refractivity contribution < 1.29 is 9.72 Å². The van der Waals surface area contributed by atoms with Crippen LogP contribution in [0.3, 0.4) is 0 Å². The van der Waals surface area contributed by atoms with E-state index in [0.717, 1.165) is 4.47 Å². The number of hydrogen-bond acceptors (Lipinski definition) is 4. The highest BCUT2D eigenvalue weighted by Crippen LogP contribution is 2.12. The van der Waals surface area contributed by atoms with Gasteiger partial charge in [-0.3, -0.25) is 14.9 Å². The maximum absolute atomic E-state index is 10.9. The van der Waals surface area contributed by atoms with Crippen molar-refractivity contribution in [3.8, 4) is 0 Å². The molecule has 1 aromatic heterocycles. The highest BCUT2D eigenvalue weighted by molar-refractivity contribution is 9.10. The highest BCUT2D eigenvalue weighted by Gasteiger charge is 2.09. The van der Waals surface area contributed by atoms with Crippen molar-refractivity contribution in [3.63, 3.8) is 0 Å². The van der Waals surface area contributed by atoms with E-state index in [1.165, 1.54) is 6.20 Å². The number of carbonyl (C=O) groups excluding carboxylic acids is 1. The first-order valence-electron chi connectivity index (χ1n) is 3.61. The standard InChI is InChI=1S/C7H6BrN3O3/c8-5-1-2-9-6(3-5)10-7(12)4-11(13)14/h1-3H,4H2,(H,9,10,12). The minimum Gasteiger partial charge on any atom is -0.305 e. The minimum absolute atomic E-state index is 0.284. The van der Waals surface area contributed by atoms with Gasteiger partial charge < -0.3 is 5.32 Å². The van der Waals surface area contributed by atoms with E-state index in [2.05, 4.69) is 26.2 Å². The summed E-state index contributed by atoms with van der Waals surface area (Å²) in [5, 5.41) is 12.3. The van der Waals surface area contributed by atoms with E-state index in [0.29, 0.717) is 0 Å². The number of anilines is 1. The molecule has 14 heavy (non-hydrogen) atoms. The van der Waals surface area contributed by atoms with Crippen LogP contribution in [0.5, 0.6) is 0 Å². The monoisotopic (exact) mass is 259 g/mol. The molecule has 0 spiro atoms. The minimum atomic E-state index is -0.756. The summed E-state index contributed by atoms with van der Waals surface area (Å²) in [5.74, 6) is -0.410. The van der Waals surface area contributed by atoms with E-state index in [9.17, 15) is 14.9 Å². The van der Waals surface area contributed by atoms with Crippen LogP contribution in [0.4, 0.5) is 5.82 Å². The summed E-state index contributed by atoms with van der Waals surface area (Å²) in [6.45, 7) is -0.756. The molecule has 0 aliphatic heterocycles. The molecule has 0 aliphatic carbocycles. The SMILES string of the molecule is O=C(C[N+](=O)[O-])Nc1cc(Br)ccn1. The number of halogens is 1. The molecule has 0 atom stereocenters. The summed E-state index contributed by atoms with van der Waals surface area (Å²) in [6, 6.07) is 3.24. The van der Waals surface area contributed by atoms with Crippen LogP contribution in [-0.2, 0) is 4.79 Å². The fourth-order valence-corrected chi connectivity index (χ4v) is 1.11. The van der Waals surface area contributed by atoms with E-state index in [4.69, 9.17) is 0 Å². The lowest BCUT2D eigenvalue weighted by atomic mass is 10.4. The molecule has 0 bridgehead atoms. The molecule has 0 unspecified atom stereocenters. The molecule has 1 amide bonds. The first-order valence-corrected chi connectivity index (χ1v) is 4.40. The van der Waals surface area contributed by atoms with E-state index < -0.39 is 17.4 Å². The lowest BCUT2D eigenvalue weighted by molar-refractivity contribution is -0.467. The maximum atomic E-state index is 10.9. The van der Waals surface area contributed by atoms with Gasteiger partial charge in [-0.2, -0.15) is 0 Å². The van der Waals surface area contributed by atoms with Crippen LogP contribution in [0.1, 0.15) is 0 Å². The summed E-state index contributed by atoms with van der Waals surface area (Å²) in [7, 11) is 0. The van der Waals surface area contributed by atoms with E-state index >= 15 is 0 Å². The Labute approximate surface area is 87.6 Å². The third-order valence-corrected chi connectivity index (χ3v) is 1.76. The zero-order chi connectivity index (χ0) is 10.6. The topological polar surface area (TPSA) is 85.1 Å². The van der Waals surface area contributed by atoms with Crippen molar-refractivity contribution in [1.82, 2.24) is 4.98 Å². The van der Waals surface area contributed by atoms with E-state index in [-0.39, 0.29) is 5.82 Å². The largest absolute Gasteiger partial charge is 0.305 e. The third kappa shape index (κ3) is 3.48. The molecule has 6 nitrogen and oxygen atoms in total. The quantitative estimate of drug-likeness (QED) is 0.650. The average Bonchev–Trinajstić information content (AvgIpc) is 2.01. The van der Waals surface area contributed by atoms with Gasteiger partial charge in [-0.25, -0.2) is 4.98 Å². The molecular weight excluding hydrogens is 254 g/mol. The van der Waals surface area contributed by atoms with Gasteiger partial charge in [-0.05, 0) is 12.1 Å². The second-order valence-corrected chi connectivity index (χ2v) is 3.31. The zero-order valence-corrected chi connectivity index (χ0v) is 8.52. The Hall–Kier alpha value is -1.50. The summed E-state index contributed by atoms with van der Waals surface area (Å²) < 4.78 is 0.740. The smallest absolute Gasteiger partial charge is 0.297 e. The van der Waals surface area contributed by atoms with Crippen molar-refractivity contribution in [2.45, 2.75) is 0 Å². The molecule has 0 saturated heterocycles. The van der Waals surface area contributed by atoms with Crippen LogP contribution >= 0.6 is 15.9 Å². The molecule has 0 aliphatic rings. The van der Waals surface area contributed by atoms with Crippen molar-refractivity contribution >= 4 is 27.7 Å². The number of hydrogen-bond donors (Lipinski definition) is 1. The molecular formula is C7H6BrN3O3. The van der Waals surface area contributed by atoms with Crippen LogP contribution in [0, 0.1) is 10.1 Å². The van der Waals surface area contributed by atoms with Gasteiger partial charge in [-0.1, -0.05) is 15.9 Å². The highest BCUT2D eigenvalue weighted by atomic mass is 79.9. The fraction of sp³-hybridized carbons (Fsp3) is 0.143. The van der Waals surface area contributed by atoms with Crippen LogP contribution < -0.4 is 5.32 Å². The van der Waals surface area contributed by atoms with Crippen LogP contribution in [0.2, 0.25) is 0 Å². The predicted molar refractivity (Wildman–Crippen MR) is 52.4 cm³/mol. The lowest BCUT2D eigenvalue weighted by Crippen LogP contribution is -2.22. The van der Waals surface area contributed by atoms with E-state index in [1.54, 1.807) is 12.1 Å². The van der Waals surface area contributed by atoms with Gasteiger partial charge in [0.1, 0.15) is 5.82 Å². The molecule has 7 heteroatoms. The van der Waals surface area contributed by atoms with Crippen molar-refractivity contribution in [2.75, 3.05) is 11.9 Å². The molecule has 1 heterocycles. The average molecular weight is 260 g/mol. The normalized spacial score (nSPS) is 9.50. The molecule has 0 fully saturated rings. The summed E-state index contributed by atoms with van der Waals surface area (Å²) >= 11 is 3.18. The Morgan fingerprint density at radius 2 is 2.43 bits per heavy atom. The zero-order valence-electron chi connectivity index (χ0n) is 6.94. The predicted octanol–water partition coefficient (Wildman–Crippen LogP) is 1.06. The van der Waals surface area contributed by atoms with Crippen LogP contribution in [-0.4, -0.2) is 22.4 Å². The Morgan fingerprint density at radius 3 is 3.00 bits per heavy atom. The van der Waals surface area contributed by atoms with Gasteiger partial charge in [0, 0.05) is 15.6 Å². The summed E-state index contributed by atoms with van der Waals surface area (Å²) in [4.78, 5) is 24.0. The summed E-state index contributed by atoms with van der Waals surface area (Å²) in [6.07, 6.45) is 1.48. The molecule has 1 rings (SSSR count). The van der Waals surface area contributed by atoms with Crippen LogP contribution in [0.15, 0.2) is 22.8 Å². The number of pyridine rings is 1. The van der Waals surface area contributed by atoms with Gasteiger partial charge in [0.25, 0.3) is 12.5 Å². The number of nitrogens with zero attached hydrogens (tertiary/aromatic N) is 2. The molecule has 1 N–H and O–H groups in total. The Morgan fingerprint density at radius 1 is 1.71 bits per heavy atom. The van der Waals surface area contributed by atoms with Gasteiger partial charge in [0.15, 0.2) is 0 Å². The number of amides is 1. The first kappa shape index (κ1) is 10.6. The Bertz CT molecular complexity index is 369. The third-order valence-electron chi connectivity index (χ3n) is 1.26. The lowest BCUT2D eigenvalue weighted by Gasteiger charge is -2.00. The van der Waals surface area contributed by atoms with Gasteiger partial charge in [-0.15, -0.1) is 0 Å². The van der Waals surface area contributed by atoms with Crippen LogP contribution in [0.25, 0.3) is 0 Å². The molecule has 0 saturated carbocycles. The van der Waals surface area contributed by atoms with Gasteiger partial charge in [0.2, 0.25) is 0 Å². The summed E-state index contributed by atoms with van der Waals surface area (Å²) in [5.41, 5.74) is 0. The molecule has 1 aromatic rings. The first-order chi connectivity index (χ1) is 6.58. The number of carbonyl (C=O) groups is 1. The van der Waals surface area contributed by atoms with Crippen molar-refractivity contribution in [2.24, 2.45) is 0 Å². The Balaban J connectivity index is 2.60. The maximum Gasteiger partial charge on any atom is 0.297 e. The number of nitro groups is 1. The fourth-order valence-electron chi connectivity index (χ4n) is 0.773. The number of rotatable bonds is 3. The van der Waals surface area contributed by atoms with Crippen molar-refractivity contribution in [3.05, 3.63) is 32.9 Å². The number of nitrogens with one attached hydrogen (secondary N) is 1. The van der Waals surface area contributed by atoms with Gasteiger partial charge >= 0.3 is 0 Å². The van der Waals surface area contributed by atoms with Crippen molar-refractivity contribution in [1.29, 1.82) is 0 Å². The second-order valence-electron chi connectivity index (χ2n) is 2.40. The van der Waals surface area contributed by atoms with Gasteiger partial charge in [0.05, 0.1) is 0 Å². The number of aromatic nitrogens is 1. The molecule has 74 valence electrons. The molecule has 0 aromatic carbocycles.